The molecule has 4 nitrogen and oxygen atoms in total. The summed E-state index contributed by atoms with van der Waals surface area (Å²) < 4.78 is 4.78. The Morgan fingerprint density at radius 1 is 1.56 bits per heavy atom. The molecule has 0 saturated carbocycles. The predicted octanol–water partition coefficient (Wildman–Crippen LogP) is 2.92. The van der Waals surface area contributed by atoms with Crippen molar-refractivity contribution in [3.8, 4) is 0 Å². The van der Waals surface area contributed by atoms with Gasteiger partial charge in [0.2, 0.25) is 0 Å². The summed E-state index contributed by atoms with van der Waals surface area (Å²) in [6, 6.07) is 5.54. The molecular formula is C13H14N2O2S. The maximum Gasteiger partial charge on any atom is 0.340 e. The molecule has 2 heterocycles. The number of ether oxygens (including phenoxy) is 1. The van der Waals surface area contributed by atoms with Crippen LogP contribution in [0.2, 0.25) is 0 Å². The van der Waals surface area contributed by atoms with Gasteiger partial charge in [-0.25, -0.2) is 9.78 Å². The van der Waals surface area contributed by atoms with E-state index in [-0.39, 0.29) is 5.97 Å². The highest BCUT2D eigenvalue weighted by Gasteiger charge is 2.22. The van der Waals surface area contributed by atoms with Gasteiger partial charge in [0, 0.05) is 0 Å². The number of carbonyl (C=O) groups excluding carboxylic acids is 1. The quantitative estimate of drug-likeness (QED) is 0.845. The highest BCUT2D eigenvalue weighted by Crippen LogP contribution is 2.39. The molecule has 2 aromatic rings. The van der Waals surface area contributed by atoms with Gasteiger partial charge in [0.05, 0.1) is 23.4 Å². The minimum absolute atomic E-state index is 0.335. The first kappa shape index (κ1) is 11.6. The molecule has 18 heavy (non-hydrogen) atoms. The number of carbonyl (C=O) groups is 1. The molecule has 0 aliphatic carbocycles. The van der Waals surface area contributed by atoms with E-state index < -0.39 is 0 Å². The summed E-state index contributed by atoms with van der Waals surface area (Å²) in [7, 11) is 1.39. The van der Waals surface area contributed by atoms with Crippen molar-refractivity contribution in [1.29, 1.82) is 0 Å². The number of benzene rings is 1. The van der Waals surface area contributed by atoms with E-state index in [1.165, 1.54) is 19.3 Å². The molecular weight excluding hydrogens is 248 g/mol. The van der Waals surface area contributed by atoms with Gasteiger partial charge in [-0.15, -0.1) is 0 Å². The van der Waals surface area contributed by atoms with Gasteiger partial charge in [0.1, 0.15) is 11.3 Å². The zero-order chi connectivity index (χ0) is 12.5. The lowest BCUT2D eigenvalue weighted by atomic mass is 10.2. The lowest BCUT2D eigenvalue weighted by molar-refractivity contribution is 0.0603. The molecule has 0 radical (unpaired) electrons. The number of imidazole rings is 1. The molecule has 1 aliphatic rings. The van der Waals surface area contributed by atoms with Crippen molar-refractivity contribution >= 4 is 28.8 Å². The van der Waals surface area contributed by atoms with Gasteiger partial charge in [-0.2, -0.15) is 11.8 Å². The van der Waals surface area contributed by atoms with Crippen molar-refractivity contribution < 1.29 is 9.53 Å². The van der Waals surface area contributed by atoms with Crippen molar-refractivity contribution in [2.24, 2.45) is 0 Å². The van der Waals surface area contributed by atoms with Crippen molar-refractivity contribution in [3.05, 3.63) is 29.6 Å². The van der Waals surface area contributed by atoms with E-state index in [1.807, 2.05) is 23.9 Å². The number of aromatic amines is 1. The zero-order valence-electron chi connectivity index (χ0n) is 10.1. The Morgan fingerprint density at radius 2 is 2.44 bits per heavy atom. The van der Waals surface area contributed by atoms with Crippen LogP contribution in [-0.4, -0.2) is 28.8 Å². The fourth-order valence-electron chi connectivity index (χ4n) is 2.27. The van der Waals surface area contributed by atoms with Crippen LogP contribution in [0.3, 0.4) is 0 Å². The third-order valence-electron chi connectivity index (χ3n) is 3.17. The highest BCUT2D eigenvalue weighted by molar-refractivity contribution is 7.99. The Hall–Kier alpha value is -1.49. The van der Waals surface area contributed by atoms with Gasteiger partial charge in [-0.3, -0.25) is 0 Å². The number of fused-ring (bicyclic) bond motifs is 1. The van der Waals surface area contributed by atoms with Gasteiger partial charge in [0.15, 0.2) is 0 Å². The second-order valence-corrected chi connectivity index (χ2v) is 5.63. The summed E-state index contributed by atoms with van der Waals surface area (Å²) >= 11 is 1.92. The summed E-state index contributed by atoms with van der Waals surface area (Å²) in [4.78, 5) is 19.6. The summed E-state index contributed by atoms with van der Waals surface area (Å²) in [5, 5.41) is 0.433. The normalized spacial score (nSPS) is 19.3. The van der Waals surface area contributed by atoms with E-state index in [4.69, 9.17) is 4.74 Å². The number of aromatic nitrogens is 2. The number of nitrogens with one attached hydrogen (secondary N) is 1. The molecule has 1 unspecified atom stereocenters. The van der Waals surface area contributed by atoms with Crippen LogP contribution in [0, 0.1) is 0 Å². The topological polar surface area (TPSA) is 55.0 Å². The van der Waals surface area contributed by atoms with Crippen LogP contribution >= 0.6 is 11.8 Å². The Bertz CT molecular complexity index is 588. The van der Waals surface area contributed by atoms with E-state index in [0.717, 1.165) is 17.8 Å². The minimum Gasteiger partial charge on any atom is -0.465 e. The van der Waals surface area contributed by atoms with E-state index in [2.05, 4.69) is 9.97 Å². The number of methoxy groups -OCH3 is 1. The lowest BCUT2D eigenvalue weighted by Gasteiger charge is -2.02. The molecule has 0 amide bonds. The third-order valence-corrected chi connectivity index (χ3v) is 4.56. The van der Waals surface area contributed by atoms with Gasteiger partial charge in [0.25, 0.3) is 0 Å². The van der Waals surface area contributed by atoms with Crippen molar-refractivity contribution in [3.63, 3.8) is 0 Å². The minimum atomic E-state index is -0.335. The SMILES string of the molecule is COC(=O)c1cccc2[nH]c(C3CCCS3)nc12. The first-order valence-electron chi connectivity index (χ1n) is 5.98. The Kier molecular flexibility index (Phi) is 2.99. The average Bonchev–Trinajstić information content (AvgIpc) is 3.04. The van der Waals surface area contributed by atoms with Crippen LogP contribution in [0.5, 0.6) is 0 Å². The molecule has 94 valence electrons. The van der Waals surface area contributed by atoms with Crippen LogP contribution in [0.1, 0.15) is 34.3 Å². The summed E-state index contributed by atoms with van der Waals surface area (Å²) in [6.07, 6.45) is 2.38. The van der Waals surface area contributed by atoms with E-state index in [9.17, 15) is 4.79 Å². The molecule has 1 fully saturated rings. The fourth-order valence-corrected chi connectivity index (χ4v) is 3.49. The molecule has 0 bridgehead atoms. The maximum atomic E-state index is 11.7. The average molecular weight is 262 g/mol. The van der Waals surface area contributed by atoms with Crippen molar-refractivity contribution in [1.82, 2.24) is 9.97 Å². The van der Waals surface area contributed by atoms with Crippen molar-refractivity contribution in [2.45, 2.75) is 18.1 Å². The Labute approximate surface area is 109 Å². The first-order chi connectivity index (χ1) is 8.79. The van der Waals surface area contributed by atoms with Gasteiger partial charge >= 0.3 is 5.97 Å². The standard InChI is InChI=1S/C13H14N2O2S/c1-17-13(16)8-4-2-5-9-11(8)15-12(14-9)10-6-3-7-18-10/h2,4-5,10H,3,6-7H2,1H3,(H,14,15). The molecule has 1 aliphatic heterocycles. The van der Waals surface area contributed by atoms with E-state index >= 15 is 0 Å². The molecule has 1 atom stereocenters. The highest BCUT2D eigenvalue weighted by atomic mass is 32.2. The largest absolute Gasteiger partial charge is 0.465 e. The van der Waals surface area contributed by atoms with Crippen LogP contribution in [-0.2, 0) is 4.74 Å². The van der Waals surface area contributed by atoms with Gasteiger partial charge in [-0.1, -0.05) is 6.07 Å². The second kappa shape index (κ2) is 4.65. The van der Waals surface area contributed by atoms with Crippen molar-refractivity contribution in [2.75, 3.05) is 12.9 Å². The zero-order valence-corrected chi connectivity index (χ0v) is 10.9. The molecule has 0 spiro atoms. The maximum absolute atomic E-state index is 11.7. The van der Waals surface area contributed by atoms with Crippen LogP contribution < -0.4 is 0 Å². The number of para-hydroxylation sites is 1. The summed E-state index contributed by atoms with van der Waals surface area (Å²) in [5.41, 5.74) is 2.15. The van der Waals surface area contributed by atoms with E-state index in [0.29, 0.717) is 16.3 Å². The van der Waals surface area contributed by atoms with E-state index in [1.54, 1.807) is 6.07 Å². The first-order valence-corrected chi connectivity index (χ1v) is 7.03. The number of esters is 1. The smallest absolute Gasteiger partial charge is 0.340 e. The molecule has 1 aromatic carbocycles. The molecule has 1 saturated heterocycles. The Morgan fingerprint density at radius 3 is 3.17 bits per heavy atom. The summed E-state index contributed by atoms with van der Waals surface area (Å²) in [6.45, 7) is 0. The Balaban J connectivity index is 2.08. The van der Waals surface area contributed by atoms with Gasteiger partial charge in [-0.05, 0) is 30.7 Å². The number of hydrogen-bond acceptors (Lipinski definition) is 4. The molecule has 1 aromatic heterocycles. The van der Waals surface area contributed by atoms with Crippen LogP contribution in [0.4, 0.5) is 0 Å². The number of thioether (sulfide) groups is 1. The number of nitrogens with zero attached hydrogens (tertiary/aromatic N) is 1. The van der Waals surface area contributed by atoms with Crippen LogP contribution in [0.25, 0.3) is 11.0 Å². The molecule has 1 N–H and O–H groups in total. The fraction of sp³-hybridized carbons (Fsp3) is 0.385. The number of H-pyrrole nitrogens is 1. The lowest BCUT2D eigenvalue weighted by Crippen LogP contribution is -2.01. The van der Waals surface area contributed by atoms with Crippen LogP contribution in [0.15, 0.2) is 18.2 Å². The summed E-state index contributed by atoms with van der Waals surface area (Å²) in [5.74, 6) is 1.83. The third kappa shape index (κ3) is 1.88. The number of hydrogen-bond donors (Lipinski definition) is 1. The second-order valence-electron chi connectivity index (χ2n) is 4.32. The predicted molar refractivity (Wildman–Crippen MR) is 71.9 cm³/mol. The number of rotatable bonds is 2. The molecule has 3 rings (SSSR count). The molecule has 5 heteroatoms. The monoisotopic (exact) mass is 262 g/mol. The van der Waals surface area contributed by atoms with Gasteiger partial charge < -0.3 is 9.72 Å².